The highest BCUT2D eigenvalue weighted by Gasteiger charge is 2.39. The minimum atomic E-state index is -0.870. The Bertz CT molecular complexity index is 756. The number of aliphatic hydroxyl groups is 1. The van der Waals surface area contributed by atoms with Crippen molar-refractivity contribution in [3.63, 3.8) is 0 Å². The molecule has 2 N–H and O–H groups in total. The van der Waals surface area contributed by atoms with E-state index in [-0.39, 0.29) is 11.7 Å². The van der Waals surface area contributed by atoms with Crippen LogP contribution >= 0.6 is 0 Å². The normalized spacial score (nSPS) is 21.6. The number of nitrogens with one attached hydrogen (secondary N) is 1. The number of fused-ring (bicyclic) bond motifs is 1. The molecule has 1 aromatic heterocycles. The number of carbonyl (C=O) groups excluding carboxylic acids is 1. The average molecular weight is 319 g/mol. The summed E-state index contributed by atoms with van der Waals surface area (Å²) in [4.78, 5) is 19.4. The minimum Gasteiger partial charge on any atom is -0.387 e. The van der Waals surface area contributed by atoms with E-state index in [2.05, 4.69) is 4.98 Å². The van der Waals surface area contributed by atoms with E-state index < -0.39 is 5.60 Å². The van der Waals surface area contributed by atoms with Crippen LogP contribution in [-0.2, 0) is 0 Å². The van der Waals surface area contributed by atoms with Crippen molar-refractivity contribution in [2.45, 2.75) is 18.9 Å². The number of likely N-dealkylation sites (N-methyl/N-ethyl adjacent to an activating group) is 1. The van der Waals surface area contributed by atoms with Crippen LogP contribution in [0, 0.1) is 12.7 Å². The van der Waals surface area contributed by atoms with Crippen LogP contribution in [-0.4, -0.2) is 65.1 Å². The van der Waals surface area contributed by atoms with E-state index in [1.165, 1.54) is 12.1 Å². The predicted molar refractivity (Wildman–Crippen MR) is 87.0 cm³/mol. The van der Waals surface area contributed by atoms with Gasteiger partial charge in [0.2, 0.25) is 0 Å². The van der Waals surface area contributed by atoms with Crippen molar-refractivity contribution >= 4 is 16.8 Å². The molecule has 1 atom stereocenters. The summed E-state index contributed by atoms with van der Waals surface area (Å²) in [5, 5.41) is 11.3. The maximum Gasteiger partial charge on any atom is 0.270 e. The Morgan fingerprint density at radius 3 is 2.91 bits per heavy atom. The SMILES string of the molecule is Cc1c(C(=O)N2CC[C@](O)(CN(C)C)C2)[nH]c2ccc(F)cc12. The lowest BCUT2D eigenvalue weighted by molar-refractivity contribution is 0.0235. The highest BCUT2D eigenvalue weighted by atomic mass is 19.1. The number of rotatable bonds is 3. The van der Waals surface area contributed by atoms with Crippen molar-refractivity contribution in [1.29, 1.82) is 0 Å². The van der Waals surface area contributed by atoms with Gasteiger partial charge in [0, 0.05) is 24.0 Å². The van der Waals surface area contributed by atoms with E-state index in [4.69, 9.17) is 0 Å². The number of benzene rings is 1. The van der Waals surface area contributed by atoms with E-state index in [1.807, 2.05) is 25.9 Å². The minimum absolute atomic E-state index is 0.145. The standard InChI is InChI=1S/C17H22FN3O2/c1-11-13-8-12(18)4-5-14(13)19-15(11)16(22)21-7-6-17(23,10-21)9-20(2)3/h4-5,8,19,23H,6-7,9-10H2,1-3H3/t17-/m0/s1. The summed E-state index contributed by atoms with van der Waals surface area (Å²) in [5.74, 6) is -0.464. The van der Waals surface area contributed by atoms with Crippen molar-refractivity contribution in [2.75, 3.05) is 33.7 Å². The van der Waals surface area contributed by atoms with Crippen LogP contribution in [0.1, 0.15) is 22.5 Å². The van der Waals surface area contributed by atoms with E-state index in [9.17, 15) is 14.3 Å². The van der Waals surface area contributed by atoms with E-state index in [0.717, 1.165) is 16.5 Å². The molecule has 0 radical (unpaired) electrons. The van der Waals surface area contributed by atoms with Gasteiger partial charge in [0.15, 0.2) is 0 Å². The van der Waals surface area contributed by atoms with E-state index in [1.54, 1.807) is 11.0 Å². The van der Waals surface area contributed by atoms with Crippen molar-refractivity contribution in [1.82, 2.24) is 14.8 Å². The molecule has 1 saturated heterocycles. The highest BCUT2D eigenvalue weighted by molar-refractivity contribution is 6.01. The van der Waals surface area contributed by atoms with Gasteiger partial charge in [0.1, 0.15) is 11.5 Å². The summed E-state index contributed by atoms with van der Waals surface area (Å²) in [5.41, 5.74) is 1.09. The van der Waals surface area contributed by atoms with E-state index >= 15 is 0 Å². The molecule has 5 nitrogen and oxygen atoms in total. The highest BCUT2D eigenvalue weighted by Crippen LogP contribution is 2.27. The number of halogens is 1. The molecule has 1 fully saturated rings. The fourth-order valence-electron chi connectivity index (χ4n) is 3.42. The maximum absolute atomic E-state index is 13.4. The predicted octanol–water partition coefficient (Wildman–Crippen LogP) is 1.75. The van der Waals surface area contributed by atoms with Gasteiger partial charge in [-0.3, -0.25) is 4.79 Å². The fourth-order valence-corrected chi connectivity index (χ4v) is 3.42. The number of amides is 1. The van der Waals surface area contributed by atoms with Gasteiger partial charge in [-0.1, -0.05) is 0 Å². The zero-order valence-corrected chi connectivity index (χ0v) is 13.7. The van der Waals surface area contributed by atoms with Crippen molar-refractivity contribution in [2.24, 2.45) is 0 Å². The quantitative estimate of drug-likeness (QED) is 0.906. The van der Waals surface area contributed by atoms with Crippen molar-refractivity contribution in [3.8, 4) is 0 Å². The third-order valence-corrected chi connectivity index (χ3v) is 4.46. The van der Waals surface area contributed by atoms with Gasteiger partial charge >= 0.3 is 0 Å². The molecule has 0 bridgehead atoms. The number of nitrogens with zero attached hydrogens (tertiary/aromatic N) is 2. The second-order valence-electron chi connectivity index (χ2n) is 6.75. The van der Waals surface area contributed by atoms with Crippen LogP contribution in [0.3, 0.4) is 0 Å². The second kappa shape index (κ2) is 5.62. The largest absolute Gasteiger partial charge is 0.387 e. The number of H-pyrrole nitrogens is 1. The van der Waals surface area contributed by atoms with Gasteiger partial charge in [-0.05, 0) is 51.2 Å². The zero-order valence-electron chi connectivity index (χ0n) is 13.7. The smallest absolute Gasteiger partial charge is 0.270 e. The van der Waals surface area contributed by atoms with Crippen molar-refractivity contribution in [3.05, 3.63) is 35.3 Å². The monoisotopic (exact) mass is 319 g/mol. The Hall–Kier alpha value is -1.92. The number of aromatic nitrogens is 1. The summed E-state index contributed by atoms with van der Waals surface area (Å²) < 4.78 is 13.4. The van der Waals surface area contributed by atoms with Gasteiger partial charge < -0.3 is 19.9 Å². The van der Waals surface area contributed by atoms with Gasteiger partial charge in [-0.25, -0.2) is 4.39 Å². The number of aryl methyl sites for hydroxylation is 1. The first-order valence-electron chi connectivity index (χ1n) is 7.73. The lowest BCUT2D eigenvalue weighted by Gasteiger charge is -2.26. The van der Waals surface area contributed by atoms with Crippen LogP contribution < -0.4 is 0 Å². The molecule has 3 rings (SSSR count). The second-order valence-corrected chi connectivity index (χ2v) is 6.75. The van der Waals surface area contributed by atoms with Crippen molar-refractivity contribution < 1.29 is 14.3 Å². The first-order chi connectivity index (χ1) is 10.8. The number of hydrogen-bond acceptors (Lipinski definition) is 3. The Balaban J connectivity index is 1.86. The zero-order chi connectivity index (χ0) is 16.8. The summed E-state index contributed by atoms with van der Waals surface area (Å²) in [6.07, 6.45) is 0.560. The number of β-amino-alcohol motifs (C(OH)–C–C–N with tert-alkyl or cyclic N) is 1. The molecule has 0 saturated carbocycles. The number of carbonyl (C=O) groups is 1. The molecule has 1 aromatic carbocycles. The number of aromatic amines is 1. The van der Waals surface area contributed by atoms with Crippen LogP contribution in [0.25, 0.3) is 10.9 Å². The molecule has 1 aliphatic rings. The number of likely N-dealkylation sites (tertiary alicyclic amines) is 1. The summed E-state index contributed by atoms with van der Waals surface area (Å²) >= 11 is 0. The lowest BCUT2D eigenvalue weighted by Crippen LogP contribution is -2.43. The number of hydrogen-bond donors (Lipinski definition) is 2. The Morgan fingerprint density at radius 2 is 2.22 bits per heavy atom. The molecule has 1 amide bonds. The van der Waals surface area contributed by atoms with Crippen LogP contribution in [0.2, 0.25) is 0 Å². The molecule has 2 aromatic rings. The molecule has 124 valence electrons. The molecule has 1 aliphatic heterocycles. The lowest BCUT2D eigenvalue weighted by atomic mass is 10.0. The van der Waals surface area contributed by atoms with Crippen LogP contribution in [0.5, 0.6) is 0 Å². The van der Waals surface area contributed by atoms with Gasteiger partial charge in [0.05, 0.1) is 12.1 Å². The summed E-state index contributed by atoms with van der Waals surface area (Å²) in [7, 11) is 3.80. The molecule has 0 aliphatic carbocycles. The molecular formula is C17H22FN3O2. The molecule has 0 unspecified atom stereocenters. The molecule has 6 heteroatoms. The third kappa shape index (κ3) is 2.96. The summed E-state index contributed by atoms with van der Waals surface area (Å²) in [6.45, 7) is 3.17. The third-order valence-electron chi connectivity index (χ3n) is 4.46. The molecule has 0 spiro atoms. The van der Waals surface area contributed by atoms with Gasteiger partial charge in [0.25, 0.3) is 5.91 Å². The fraction of sp³-hybridized carbons (Fsp3) is 0.471. The molecule has 23 heavy (non-hydrogen) atoms. The van der Waals surface area contributed by atoms with Gasteiger partial charge in [-0.15, -0.1) is 0 Å². The van der Waals surface area contributed by atoms with Crippen LogP contribution in [0.4, 0.5) is 4.39 Å². The Kier molecular flexibility index (Phi) is 3.90. The molecule has 2 heterocycles. The van der Waals surface area contributed by atoms with Gasteiger partial charge in [-0.2, -0.15) is 0 Å². The first-order valence-corrected chi connectivity index (χ1v) is 7.73. The molecular weight excluding hydrogens is 297 g/mol. The first kappa shape index (κ1) is 16.0. The van der Waals surface area contributed by atoms with E-state index in [0.29, 0.717) is 31.7 Å². The van der Waals surface area contributed by atoms with Crippen LogP contribution in [0.15, 0.2) is 18.2 Å². The summed E-state index contributed by atoms with van der Waals surface area (Å²) in [6, 6.07) is 4.45. The Labute approximate surface area is 134 Å². The Morgan fingerprint density at radius 1 is 1.48 bits per heavy atom. The maximum atomic E-state index is 13.4. The average Bonchev–Trinajstić information content (AvgIpc) is 2.99. The topological polar surface area (TPSA) is 59.6 Å².